The van der Waals surface area contributed by atoms with Gasteiger partial charge in [0.05, 0.1) is 23.2 Å². The van der Waals surface area contributed by atoms with Crippen LogP contribution < -0.4 is 10.1 Å². The number of ether oxygens (including phenoxy) is 2. The molecule has 2 aromatic carbocycles. The van der Waals surface area contributed by atoms with Crippen molar-refractivity contribution in [3.8, 4) is 5.75 Å². The highest BCUT2D eigenvalue weighted by molar-refractivity contribution is 5.92. The van der Waals surface area contributed by atoms with Crippen molar-refractivity contribution in [1.29, 1.82) is 0 Å². The second-order valence-corrected chi connectivity index (χ2v) is 5.46. The molecule has 138 valence electrons. The Balaban J connectivity index is 2.01. The third-order valence-electron chi connectivity index (χ3n) is 3.71. The molecule has 0 aliphatic heterocycles. The summed E-state index contributed by atoms with van der Waals surface area (Å²) in [7, 11) is 1.16. The Hall–Kier alpha value is -3.82. The highest BCUT2D eigenvalue weighted by Gasteiger charge is 2.15. The van der Waals surface area contributed by atoms with Gasteiger partial charge < -0.3 is 14.8 Å². The number of aromatic nitrogens is 2. The summed E-state index contributed by atoms with van der Waals surface area (Å²) in [6.45, 7) is 1.57. The Bertz CT molecular complexity index is 1060. The van der Waals surface area contributed by atoms with Gasteiger partial charge in [-0.25, -0.2) is 19.2 Å². The van der Waals surface area contributed by atoms with Crippen molar-refractivity contribution in [1.82, 2.24) is 9.97 Å². The number of rotatable bonds is 4. The van der Waals surface area contributed by atoms with E-state index in [1.54, 1.807) is 6.92 Å². The van der Waals surface area contributed by atoms with E-state index in [1.165, 1.54) is 36.7 Å². The van der Waals surface area contributed by atoms with E-state index in [1.807, 2.05) is 0 Å². The quantitative estimate of drug-likeness (QED) is 0.317. The van der Waals surface area contributed by atoms with Gasteiger partial charge in [-0.2, -0.15) is 0 Å². The summed E-state index contributed by atoms with van der Waals surface area (Å²) < 4.78 is 23.8. The van der Waals surface area contributed by atoms with Crippen molar-refractivity contribution in [3.63, 3.8) is 0 Å². The monoisotopic (exact) mass is 372 g/mol. The van der Waals surface area contributed by atoms with E-state index < -0.39 is 16.9 Å². The van der Waals surface area contributed by atoms with Crippen LogP contribution in [-0.2, 0) is 4.74 Å². The predicted molar refractivity (Wildman–Crippen MR) is 93.6 cm³/mol. The number of hydrogen-bond acceptors (Lipinski definition) is 8. The van der Waals surface area contributed by atoms with Gasteiger partial charge in [-0.1, -0.05) is 0 Å². The van der Waals surface area contributed by atoms with Crippen LogP contribution in [0, 0.1) is 22.9 Å². The average Bonchev–Trinajstić information content (AvgIpc) is 2.65. The summed E-state index contributed by atoms with van der Waals surface area (Å²) in [6.07, 6.45) is 0.266. The summed E-state index contributed by atoms with van der Waals surface area (Å²) in [5.41, 5.74) is 0.590. The van der Waals surface area contributed by atoms with Gasteiger partial charge in [-0.3, -0.25) is 10.1 Å². The van der Waals surface area contributed by atoms with Crippen molar-refractivity contribution in [2.24, 2.45) is 0 Å². The van der Waals surface area contributed by atoms with Crippen LogP contribution in [0.3, 0.4) is 0 Å². The number of benzene rings is 2. The van der Waals surface area contributed by atoms with Crippen molar-refractivity contribution in [2.45, 2.75) is 6.92 Å². The lowest BCUT2D eigenvalue weighted by atomic mass is 10.1. The van der Waals surface area contributed by atoms with Gasteiger partial charge in [-0.05, 0) is 24.6 Å². The number of nitrogens with one attached hydrogen (secondary N) is 1. The minimum Gasteiger partial charge on any atom is -0.437 e. The maximum Gasteiger partial charge on any atom is 0.513 e. The van der Waals surface area contributed by atoms with Crippen molar-refractivity contribution < 1.29 is 23.6 Å². The minimum absolute atomic E-state index is 0.00199. The highest BCUT2D eigenvalue weighted by atomic mass is 19.1. The van der Waals surface area contributed by atoms with Crippen LogP contribution in [0.2, 0.25) is 0 Å². The molecule has 3 rings (SSSR count). The van der Waals surface area contributed by atoms with Crippen LogP contribution in [0.25, 0.3) is 10.9 Å². The summed E-state index contributed by atoms with van der Waals surface area (Å²) in [6, 6.07) is 6.54. The number of halogens is 1. The number of aryl methyl sites for hydroxylation is 1. The molecular formula is C17H13FN4O5. The highest BCUT2D eigenvalue weighted by Crippen LogP contribution is 2.31. The number of fused-ring (bicyclic) bond motifs is 1. The number of methoxy groups -OCH3 is 1. The van der Waals surface area contributed by atoms with Gasteiger partial charge in [0.1, 0.15) is 23.7 Å². The van der Waals surface area contributed by atoms with Gasteiger partial charge in [0.15, 0.2) is 0 Å². The number of nitro groups is 1. The first kappa shape index (κ1) is 18.0. The smallest absolute Gasteiger partial charge is 0.437 e. The van der Waals surface area contributed by atoms with Gasteiger partial charge in [0.2, 0.25) is 0 Å². The van der Waals surface area contributed by atoms with Gasteiger partial charge in [0.25, 0.3) is 5.69 Å². The van der Waals surface area contributed by atoms with Crippen molar-refractivity contribution >= 4 is 34.3 Å². The number of hydrogen-bond donors (Lipinski definition) is 1. The lowest BCUT2D eigenvalue weighted by Crippen LogP contribution is -2.09. The third-order valence-corrected chi connectivity index (χ3v) is 3.71. The molecule has 1 heterocycles. The summed E-state index contributed by atoms with van der Waals surface area (Å²) >= 11 is 0. The van der Waals surface area contributed by atoms with Crippen molar-refractivity contribution in [3.05, 3.63) is 58.2 Å². The molecule has 0 saturated heterocycles. The van der Waals surface area contributed by atoms with E-state index in [2.05, 4.69) is 20.0 Å². The Morgan fingerprint density at radius 3 is 2.74 bits per heavy atom. The molecule has 0 saturated carbocycles. The van der Waals surface area contributed by atoms with Crippen molar-refractivity contribution in [2.75, 3.05) is 12.4 Å². The number of nitro benzene ring substituents is 1. The molecule has 0 aliphatic rings. The fourth-order valence-corrected chi connectivity index (χ4v) is 2.38. The molecule has 27 heavy (non-hydrogen) atoms. The van der Waals surface area contributed by atoms with Crippen LogP contribution in [-0.4, -0.2) is 28.2 Å². The molecule has 0 radical (unpaired) electrons. The SMILES string of the molecule is COC(=O)Oc1cc(Nc2ncnc3cc([N+](=O)[O-])ccc23)c(F)cc1C. The molecule has 3 aromatic rings. The topological polar surface area (TPSA) is 116 Å². The molecule has 0 unspecified atom stereocenters. The fraction of sp³-hybridized carbons (Fsp3) is 0.118. The molecule has 0 atom stereocenters. The van der Waals surface area contributed by atoms with Crippen LogP contribution in [0.1, 0.15) is 5.56 Å². The Kier molecular flexibility index (Phi) is 4.79. The Labute approximate surface area is 151 Å². The maximum atomic E-state index is 14.3. The van der Waals surface area contributed by atoms with Crippen LogP contribution in [0.15, 0.2) is 36.7 Å². The van der Waals surface area contributed by atoms with Gasteiger partial charge in [0, 0.05) is 23.6 Å². The molecule has 0 aliphatic carbocycles. The predicted octanol–water partition coefficient (Wildman–Crippen LogP) is 3.87. The normalized spacial score (nSPS) is 10.5. The zero-order chi connectivity index (χ0) is 19.6. The van der Waals surface area contributed by atoms with E-state index >= 15 is 0 Å². The van der Waals surface area contributed by atoms with E-state index in [-0.39, 0.29) is 22.9 Å². The molecule has 1 aromatic heterocycles. The molecular weight excluding hydrogens is 359 g/mol. The molecule has 0 amide bonds. The number of anilines is 2. The van der Waals surface area contributed by atoms with E-state index in [0.717, 1.165) is 7.11 Å². The van der Waals surface area contributed by atoms with Crippen LogP contribution >= 0.6 is 0 Å². The molecule has 1 N–H and O–H groups in total. The second-order valence-electron chi connectivity index (χ2n) is 5.46. The lowest BCUT2D eigenvalue weighted by Gasteiger charge is -2.12. The first-order valence-corrected chi connectivity index (χ1v) is 7.61. The third kappa shape index (κ3) is 3.73. The fourth-order valence-electron chi connectivity index (χ4n) is 2.38. The molecule has 10 heteroatoms. The number of carbonyl (C=O) groups excluding carboxylic acids is 1. The second kappa shape index (κ2) is 7.20. The number of non-ortho nitro benzene ring substituents is 1. The molecule has 9 nitrogen and oxygen atoms in total. The minimum atomic E-state index is -0.935. The zero-order valence-electron chi connectivity index (χ0n) is 14.2. The lowest BCUT2D eigenvalue weighted by molar-refractivity contribution is -0.384. The number of nitrogens with zero attached hydrogens (tertiary/aromatic N) is 3. The standard InChI is InChI=1S/C17H13FN4O5/c1-9-5-12(18)14(7-15(9)27-17(23)26-2)21-16-11-4-3-10(22(24)25)6-13(11)19-8-20-16/h3-8H,1-2H3,(H,19,20,21). The summed E-state index contributed by atoms with van der Waals surface area (Å²) in [5.74, 6) is -0.250. The zero-order valence-corrected chi connectivity index (χ0v) is 14.2. The van der Waals surface area contributed by atoms with E-state index in [0.29, 0.717) is 16.5 Å². The number of carbonyl (C=O) groups is 1. The van der Waals surface area contributed by atoms with Crippen LogP contribution in [0.4, 0.5) is 26.4 Å². The van der Waals surface area contributed by atoms with E-state index in [4.69, 9.17) is 4.74 Å². The largest absolute Gasteiger partial charge is 0.513 e. The maximum absolute atomic E-state index is 14.3. The first-order valence-electron chi connectivity index (χ1n) is 7.61. The molecule has 0 spiro atoms. The summed E-state index contributed by atoms with van der Waals surface area (Å²) in [4.78, 5) is 29.7. The molecule has 0 bridgehead atoms. The van der Waals surface area contributed by atoms with Crippen LogP contribution in [0.5, 0.6) is 5.75 Å². The van der Waals surface area contributed by atoms with Gasteiger partial charge >= 0.3 is 6.16 Å². The van der Waals surface area contributed by atoms with Gasteiger partial charge in [-0.15, -0.1) is 0 Å². The Morgan fingerprint density at radius 1 is 1.26 bits per heavy atom. The van der Waals surface area contributed by atoms with E-state index in [9.17, 15) is 19.3 Å². The molecule has 0 fully saturated rings. The Morgan fingerprint density at radius 2 is 2.04 bits per heavy atom. The average molecular weight is 372 g/mol. The summed E-state index contributed by atoms with van der Waals surface area (Å²) in [5, 5.41) is 14.1. The first-order chi connectivity index (χ1) is 12.9.